The van der Waals surface area contributed by atoms with Crippen molar-refractivity contribution in [2.75, 3.05) is 0 Å². The van der Waals surface area contributed by atoms with Gasteiger partial charge < -0.3 is 0 Å². The van der Waals surface area contributed by atoms with Crippen molar-refractivity contribution in [3.63, 3.8) is 0 Å². The Morgan fingerprint density at radius 3 is 2.81 bits per heavy atom. The number of ketones is 1. The van der Waals surface area contributed by atoms with Gasteiger partial charge in [-0.25, -0.2) is 4.39 Å². The standard InChI is InChI=1S/C13H11FOS/c14-10-4-5-11-9(6-10)7-12(16-11)13(15)8-2-1-3-8/h4-8H,1-3H2. The maximum absolute atomic E-state index is 13.0. The second-order valence-electron chi connectivity index (χ2n) is 4.28. The van der Waals surface area contributed by atoms with Gasteiger partial charge in [0.15, 0.2) is 5.78 Å². The summed E-state index contributed by atoms with van der Waals surface area (Å²) in [5, 5.41) is 0.840. The molecule has 0 bridgehead atoms. The second kappa shape index (κ2) is 3.67. The molecule has 0 unspecified atom stereocenters. The van der Waals surface area contributed by atoms with Crippen LogP contribution in [0, 0.1) is 11.7 Å². The van der Waals surface area contributed by atoms with Crippen LogP contribution in [0.2, 0.25) is 0 Å². The molecule has 0 saturated heterocycles. The molecular weight excluding hydrogens is 223 g/mol. The van der Waals surface area contributed by atoms with E-state index in [1.807, 2.05) is 6.07 Å². The number of carbonyl (C=O) groups is 1. The third-order valence-corrected chi connectivity index (χ3v) is 4.33. The molecule has 1 saturated carbocycles. The quantitative estimate of drug-likeness (QED) is 0.717. The fourth-order valence-corrected chi connectivity index (χ4v) is 3.07. The minimum Gasteiger partial charge on any atom is -0.293 e. The summed E-state index contributed by atoms with van der Waals surface area (Å²) in [4.78, 5) is 12.8. The Hall–Kier alpha value is -1.22. The highest BCUT2D eigenvalue weighted by atomic mass is 32.1. The first-order valence-corrected chi connectivity index (χ1v) is 6.29. The van der Waals surface area contributed by atoms with Crippen molar-refractivity contribution in [2.45, 2.75) is 19.3 Å². The minimum atomic E-state index is -0.243. The maximum atomic E-state index is 13.0. The third-order valence-electron chi connectivity index (χ3n) is 3.20. The summed E-state index contributed by atoms with van der Waals surface area (Å²) >= 11 is 1.48. The smallest absolute Gasteiger partial charge is 0.175 e. The average molecular weight is 234 g/mol. The minimum absolute atomic E-state index is 0.220. The van der Waals surface area contributed by atoms with Gasteiger partial charge in [-0.3, -0.25) is 4.79 Å². The van der Waals surface area contributed by atoms with Crippen LogP contribution in [0.3, 0.4) is 0 Å². The number of fused-ring (bicyclic) bond motifs is 1. The lowest BCUT2D eigenvalue weighted by atomic mass is 9.82. The Kier molecular flexibility index (Phi) is 2.28. The van der Waals surface area contributed by atoms with Crippen molar-refractivity contribution < 1.29 is 9.18 Å². The van der Waals surface area contributed by atoms with Crippen LogP contribution in [-0.4, -0.2) is 5.78 Å². The van der Waals surface area contributed by atoms with E-state index in [0.29, 0.717) is 0 Å². The van der Waals surface area contributed by atoms with Gasteiger partial charge in [-0.05, 0) is 42.5 Å². The third kappa shape index (κ3) is 1.55. The molecule has 82 valence electrons. The van der Waals surface area contributed by atoms with E-state index in [2.05, 4.69) is 0 Å². The van der Waals surface area contributed by atoms with Crippen LogP contribution in [-0.2, 0) is 0 Å². The van der Waals surface area contributed by atoms with Crippen molar-refractivity contribution in [3.8, 4) is 0 Å². The molecule has 16 heavy (non-hydrogen) atoms. The van der Waals surface area contributed by atoms with E-state index in [0.717, 1.165) is 34.2 Å². The summed E-state index contributed by atoms with van der Waals surface area (Å²) in [6.45, 7) is 0. The van der Waals surface area contributed by atoms with Crippen LogP contribution in [0.5, 0.6) is 0 Å². The fraction of sp³-hybridized carbons (Fsp3) is 0.308. The maximum Gasteiger partial charge on any atom is 0.175 e. The lowest BCUT2D eigenvalue weighted by Gasteiger charge is -2.22. The molecule has 1 aliphatic carbocycles. The van der Waals surface area contributed by atoms with Gasteiger partial charge >= 0.3 is 0 Å². The van der Waals surface area contributed by atoms with Crippen LogP contribution in [0.1, 0.15) is 28.9 Å². The molecule has 2 aromatic rings. The van der Waals surface area contributed by atoms with Crippen molar-refractivity contribution in [2.24, 2.45) is 5.92 Å². The summed E-state index contributed by atoms with van der Waals surface area (Å²) < 4.78 is 14.0. The van der Waals surface area contributed by atoms with E-state index in [9.17, 15) is 9.18 Å². The lowest BCUT2D eigenvalue weighted by molar-refractivity contribution is 0.0859. The van der Waals surface area contributed by atoms with Crippen molar-refractivity contribution in [3.05, 3.63) is 35.0 Å². The van der Waals surface area contributed by atoms with Crippen LogP contribution in [0.4, 0.5) is 4.39 Å². The molecule has 3 rings (SSSR count). The highest BCUT2D eigenvalue weighted by molar-refractivity contribution is 7.20. The zero-order valence-electron chi connectivity index (χ0n) is 8.70. The molecular formula is C13H11FOS. The Labute approximate surface area is 96.9 Å². The Bertz CT molecular complexity index is 554. The van der Waals surface area contributed by atoms with E-state index in [4.69, 9.17) is 0 Å². The van der Waals surface area contributed by atoms with Gasteiger partial charge in [0.2, 0.25) is 0 Å². The monoisotopic (exact) mass is 234 g/mol. The summed E-state index contributed by atoms with van der Waals surface area (Å²) in [7, 11) is 0. The molecule has 0 amide bonds. The molecule has 1 heterocycles. The number of carbonyl (C=O) groups excluding carboxylic acids is 1. The zero-order chi connectivity index (χ0) is 11.1. The molecule has 1 aromatic heterocycles. The highest BCUT2D eigenvalue weighted by Gasteiger charge is 2.27. The summed E-state index contributed by atoms with van der Waals surface area (Å²) in [5.41, 5.74) is 0. The first-order valence-electron chi connectivity index (χ1n) is 5.47. The molecule has 1 aromatic carbocycles. The molecule has 3 heteroatoms. The number of halogens is 1. The van der Waals surface area contributed by atoms with E-state index in [1.54, 1.807) is 6.07 Å². The number of hydrogen-bond donors (Lipinski definition) is 0. The number of benzene rings is 1. The van der Waals surface area contributed by atoms with Crippen molar-refractivity contribution >= 4 is 27.2 Å². The molecule has 0 N–H and O–H groups in total. The number of thiophene rings is 1. The Morgan fingerprint density at radius 1 is 1.31 bits per heavy atom. The van der Waals surface area contributed by atoms with Gasteiger partial charge in [-0.15, -0.1) is 11.3 Å². The van der Waals surface area contributed by atoms with E-state index >= 15 is 0 Å². The van der Waals surface area contributed by atoms with E-state index < -0.39 is 0 Å². The normalized spacial score (nSPS) is 16.3. The average Bonchev–Trinajstić information content (AvgIpc) is 2.57. The van der Waals surface area contributed by atoms with Gasteiger partial charge in [-0.1, -0.05) is 6.42 Å². The number of hydrogen-bond acceptors (Lipinski definition) is 2. The lowest BCUT2D eigenvalue weighted by Crippen LogP contribution is -2.20. The number of rotatable bonds is 2. The fourth-order valence-electron chi connectivity index (χ4n) is 2.01. The molecule has 1 nitrogen and oxygen atoms in total. The van der Waals surface area contributed by atoms with Gasteiger partial charge in [-0.2, -0.15) is 0 Å². The predicted molar refractivity (Wildman–Crippen MR) is 63.5 cm³/mol. The van der Waals surface area contributed by atoms with Gasteiger partial charge in [0.1, 0.15) is 5.82 Å². The SMILES string of the molecule is O=C(c1cc2cc(F)ccc2s1)C1CCC1. The van der Waals surface area contributed by atoms with Crippen molar-refractivity contribution in [1.29, 1.82) is 0 Å². The summed E-state index contributed by atoms with van der Waals surface area (Å²) in [5.74, 6) is 0.221. The summed E-state index contributed by atoms with van der Waals surface area (Å²) in [6, 6.07) is 6.50. The predicted octanol–water partition coefficient (Wildman–Crippen LogP) is 4.02. The van der Waals surface area contributed by atoms with E-state index in [1.165, 1.54) is 23.5 Å². The Balaban J connectivity index is 2.01. The first kappa shape index (κ1) is 9.97. The Morgan fingerprint density at radius 2 is 2.12 bits per heavy atom. The van der Waals surface area contributed by atoms with Gasteiger partial charge in [0.25, 0.3) is 0 Å². The van der Waals surface area contributed by atoms with Crippen LogP contribution in [0.15, 0.2) is 24.3 Å². The molecule has 1 fully saturated rings. The summed E-state index contributed by atoms with van der Waals surface area (Å²) in [6.07, 6.45) is 3.19. The topological polar surface area (TPSA) is 17.1 Å². The van der Waals surface area contributed by atoms with Crippen LogP contribution in [0.25, 0.3) is 10.1 Å². The molecule has 0 aliphatic heterocycles. The second-order valence-corrected chi connectivity index (χ2v) is 5.37. The number of Topliss-reactive ketones (excluding diaryl/α,β-unsaturated/α-hetero) is 1. The van der Waals surface area contributed by atoms with Crippen LogP contribution >= 0.6 is 11.3 Å². The molecule has 0 atom stereocenters. The van der Waals surface area contributed by atoms with E-state index in [-0.39, 0.29) is 17.5 Å². The molecule has 0 spiro atoms. The van der Waals surface area contributed by atoms with Crippen LogP contribution < -0.4 is 0 Å². The van der Waals surface area contributed by atoms with Gasteiger partial charge in [0.05, 0.1) is 4.88 Å². The largest absolute Gasteiger partial charge is 0.293 e. The first-order chi connectivity index (χ1) is 7.74. The molecule has 0 radical (unpaired) electrons. The van der Waals surface area contributed by atoms with Gasteiger partial charge in [0, 0.05) is 10.6 Å². The zero-order valence-corrected chi connectivity index (χ0v) is 9.52. The van der Waals surface area contributed by atoms with Crippen molar-refractivity contribution in [1.82, 2.24) is 0 Å². The molecule has 1 aliphatic rings. The highest BCUT2D eigenvalue weighted by Crippen LogP contribution is 2.34.